The van der Waals surface area contributed by atoms with Crippen LogP contribution in [0, 0.1) is 17.5 Å². The van der Waals surface area contributed by atoms with Gasteiger partial charge in [0.1, 0.15) is 5.82 Å². The van der Waals surface area contributed by atoms with Crippen LogP contribution in [-0.2, 0) is 0 Å². The molecular weight excluding hydrogens is 297 g/mol. The van der Waals surface area contributed by atoms with Crippen molar-refractivity contribution in [2.45, 2.75) is 6.61 Å². The van der Waals surface area contributed by atoms with Gasteiger partial charge in [0.25, 0.3) is 0 Å². The van der Waals surface area contributed by atoms with Gasteiger partial charge in [-0.15, -0.1) is 0 Å². The van der Waals surface area contributed by atoms with E-state index in [1.54, 1.807) is 0 Å². The first-order chi connectivity index (χ1) is 9.86. The maximum Gasteiger partial charge on any atom is 0.387 e. The molecule has 21 heavy (non-hydrogen) atoms. The van der Waals surface area contributed by atoms with E-state index in [9.17, 15) is 22.0 Å². The summed E-state index contributed by atoms with van der Waals surface area (Å²) in [6, 6.07) is 3.79. The maximum absolute atomic E-state index is 13.4. The average Bonchev–Trinajstić information content (AvgIpc) is 2.39. The Balaban J connectivity index is 2.37. The molecule has 0 aliphatic heterocycles. The number of hydrogen-bond donors (Lipinski definition) is 1. The molecule has 0 aromatic heterocycles. The molecule has 0 radical (unpaired) electrons. The minimum Gasteiger partial charge on any atom is -0.452 e. The summed E-state index contributed by atoms with van der Waals surface area (Å²) < 4.78 is 72.9. The van der Waals surface area contributed by atoms with E-state index in [2.05, 4.69) is 4.74 Å². The molecule has 0 bridgehead atoms. The molecule has 0 saturated heterocycles. The third kappa shape index (κ3) is 3.53. The lowest BCUT2D eigenvalue weighted by molar-refractivity contribution is -0.0522. The Bertz CT molecular complexity index is 663. The smallest absolute Gasteiger partial charge is 0.387 e. The number of alkyl halides is 2. The summed E-state index contributed by atoms with van der Waals surface area (Å²) in [5.41, 5.74) is 5.14. The van der Waals surface area contributed by atoms with E-state index >= 15 is 0 Å². The van der Waals surface area contributed by atoms with Gasteiger partial charge < -0.3 is 15.2 Å². The molecular formula is C13H8F5NO2. The Kier molecular flexibility index (Phi) is 4.15. The standard InChI is InChI=1S/C13H8F5NO2/c14-6-1-2-7(15)10(3-6)20-12-5-11(21-13(17)18)8(16)4-9(12)19/h1-5,13H,19H2. The molecule has 112 valence electrons. The van der Waals surface area contributed by atoms with Gasteiger partial charge in [-0.2, -0.15) is 8.78 Å². The van der Waals surface area contributed by atoms with Gasteiger partial charge >= 0.3 is 6.61 Å². The first-order valence-corrected chi connectivity index (χ1v) is 5.53. The topological polar surface area (TPSA) is 44.5 Å². The molecule has 0 heterocycles. The largest absolute Gasteiger partial charge is 0.452 e. The summed E-state index contributed by atoms with van der Waals surface area (Å²) in [4.78, 5) is 0. The van der Waals surface area contributed by atoms with Crippen molar-refractivity contribution in [3.8, 4) is 17.2 Å². The van der Waals surface area contributed by atoms with Crippen LogP contribution in [0.4, 0.5) is 27.6 Å². The summed E-state index contributed by atoms with van der Waals surface area (Å²) >= 11 is 0. The van der Waals surface area contributed by atoms with Crippen LogP contribution in [0.1, 0.15) is 0 Å². The van der Waals surface area contributed by atoms with Gasteiger partial charge in [-0.05, 0) is 12.1 Å². The van der Waals surface area contributed by atoms with Crippen molar-refractivity contribution < 1.29 is 31.4 Å². The highest BCUT2D eigenvalue weighted by atomic mass is 19.3. The van der Waals surface area contributed by atoms with Crippen molar-refractivity contribution in [3.05, 3.63) is 47.8 Å². The Morgan fingerprint density at radius 1 is 0.857 bits per heavy atom. The number of benzene rings is 2. The SMILES string of the molecule is Nc1cc(F)c(OC(F)F)cc1Oc1cc(F)ccc1F. The number of anilines is 1. The zero-order valence-electron chi connectivity index (χ0n) is 10.2. The average molecular weight is 305 g/mol. The van der Waals surface area contributed by atoms with Crippen molar-refractivity contribution in [1.82, 2.24) is 0 Å². The molecule has 2 N–H and O–H groups in total. The van der Waals surface area contributed by atoms with Crippen LogP contribution in [0.15, 0.2) is 30.3 Å². The van der Waals surface area contributed by atoms with Crippen LogP contribution >= 0.6 is 0 Å². The molecule has 0 atom stereocenters. The monoisotopic (exact) mass is 305 g/mol. The zero-order valence-corrected chi connectivity index (χ0v) is 10.2. The Morgan fingerprint density at radius 3 is 2.24 bits per heavy atom. The highest BCUT2D eigenvalue weighted by Gasteiger charge is 2.16. The first-order valence-electron chi connectivity index (χ1n) is 5.53. The predicted molar refractivity (Wildman–Crippen MR) is 63.9 cm³/mol. The van der Waals surface area contributed by atoms with E-state index in [4.69, 9.17) is 10.5 Å². The van der Waals surface area contributed by atoms with E-state index in [1.165, 1.54) is 0 Å². The number of nitrogens with two attached hydrogens (primary N) is 1. The lowest BCUT2D eigenvalue weighted by Crippen LogP contribution is -2.05. The van der Waals surface area contributed by atoms with Gasteiger partial charge in [0, 0.05) is 18.2 Å². The van der Waals surface area contributed by atoms with Crippen molar-refractivity contribution in [3.63, 3.8) is 0 Å². The lowest BCUT2D eigenvalue weighted by Gasteiger charge is -2.12. The van der Waals surface area contributed by atoms with Gasteiger partial charge in [0.05, 0.1) is 5.69 Å². The number of ether oxygens (including phenoxy) is 2. The zero-order chi connectivity index (χ0) is 15.6. The van der Waals surface area contributed by atoms with Crippen LogP contribution in [0.25, 0.3) is 0 Å². The van der Waals surface area contributed by atoms with Gasteiger partial charge in [-0.25, -0.2) is 13.2 Å². The minimum absolute atomic E-state index is 0.294. The summed E-state index contributed by atoms with van der Waals surface area (Å²) in [5, 5.41) is 0. The second-order valence-electron chi connectivity index (χ2n) is 3.88. The van der Waals surface area contributed by atoms with E-state index in [0.717, 1.165) is 24.3 Å². The number of rotatable bonds is 4. The van der Waals surface area contributed by atoms with E-state index in [0.29, 0.717) is 6.07 Å². The van der Waals surface area contributed by atoms with Crippen LogP contribution in [0.2, 0.25) is 0 Å². The fraction of sp³-hybridized carbons (Fsp3) is 0.0769. The molecule has 2 rings (SSSR count). The van der Waals surface area contributed by atoms with Crippen LogP contribution in [0.3, 0.4) is 0 Å². The lowest BCUT2D eigenvalue weighted by atomic mass is 10.2. The van der Waals surface area contributed by atoms with Crippen molar-refractivity contribution in [2.24, 2.45) is 0 Å². The molecule has 3 nitrogen and oxygen atoms in total. The summed E-state index contributed by atoms with van der Waals surface area (Å²) in [5.74, 6) is -4.54. The van der Waals surface area contributed by atoms with Crippen LogP contribution in [-0.4, -0.2) is 6.61 Å². The number of hydrogen-bond acceptors (Lipinski definition) is 3. The fourth-order valence-corrected chi connectivity index (χ4v) is 1.50. The van der Waals surface area contributed by atoms with Crippen molar-refractivity contribution >= 4 is 5.69 Å². The highest BCUT2D eigenvalue weighted by molar-refractivity contribution is 5.57. The number of halogens is 5. The molecule has 0 fully saturated rings. The second-order valence-corrected chi connectivity index (χ2v) is 3.88. The summed E-state index contributed by atoms with van der Waals surface area (Å²) in [6.45, 7) is -3.26. The van der Waals surface area contributed by atoms with Crippen molar-refractivity contribution in [1.29, 1.82) is 0 Å². The molecule has 8 heteroatoms. The Morgan fingerprint density at radius 2 is 1.57 bits per heavy atom. The first kappa shape index (κ1) is 14.9. The molecule has 0 saturated carbocycles. The molecule has 2 aromatic carbocycles. The number of nitrogen functional groups attached to an aromatic ring is 1. The van der Waals surface area contributed by atoms with Gasteiger partial charge in [-0.1, -0.05) is 0 Å². The van der Waals surface area contributed by atoms with Crippen molar-refractivity contribution in [2.75, 3.05) is 5.73 Å². The van der Waals surface area contributed by atoms with E-state index in [1.807, 2.05) is 0 Å². The van der Waals surface area contributed by atoms with Crippen LogP contribution < -0.4 is 15.2 Å². The summed E-state index contributed by atoms with van der Waals surface area (Å²) in [7, 11) is 0. The predicted octanol–water partition coefficient (Wildman–Crippen LogP) is 4.08. The third-order valence-corrected chi connectivity index (χ3v) is 2.39. The normalized spacial score (nSPS) is 10.8. The Hall–Kier alpha value is -2.51. The molecule has 0 amide bonds. The molecule has 0 aliphatic carbocycles. The molecule has 0 spiro atoms. The quantitative estimate of drug-likeness (QED) is 0.684. The third-order valence-electron chi connectivity index (χ3n) is 2.39. The van der Waals surface area contributed by atoms with Gasteiger partial charge in [-0.3, -0.25) is 0 Å². The molecule has 2 aromatic rings. The Labute approximate surface area is 115 Å². The minimum atomic E-state index is -3.26. The molecule has 0 aliphatic rings. The fourth-order valence-electron chi connectivity index (χ4n) is 1.50. The van der Waals surface area contributed by atoms with E-state index in [-0.39, 0.29) is 11.4 Å². The highest BCUT2D eigenvalue weighted by Crippen LogP contribution is 2.35. The van der Waals surface area contributed by atoms with Crippen LogP contribution in [0.5, 0.6) is 17.2 Å². The maximum atomic E-state index is 13.4. The second kappa shape index (κ2) is 5.86. The van der Waals surface area contributed by atoms with Gasteiger partial charge in [0.2, 0.25) is 0 Å². The van der Waals surface area contributed by atoms with Gasteiger partial charge in [0.15, 0.2) is 28.9 Å². The summed E-state index contributed by atoms with van der Waals surface area (Å²) in [6.07, 6.45) is 0. The molecule has 0 unspecified atom stereocenters. The van der Waals surface area contributed by atoms with E-state index < -0.39 is 35.6 Å².